The van der Waals surface area contributed by atoms with Crippen LogP contribution in [0.3, 0.4) is 0 Å². The Bertz CT molecular complexity index is 1260. The number of fused-ring (bicyclic) bond motifs is 1. The Morgan fingerprint density at radius 3 is 2.55 bits per heavy atom. The molecule has 31 heavy (non-hydrogen) atoms. The number of carbonyl (C=O) groups is 1. The summed E-state index contributed by atoms with van der Waals surface area (Å²) < 4.78 is 11.5. The van der Waals surface area contributed by atoms with Crippen LogP contribution >= 0.6 is 12.4 Å². The maximum absolute atomic E-state index is 12.5. The van der Waals surface area contributed by atoms with Gasteiger partial charge in [0.2, 0.25) is 0 Å². The Morgan fingerprint density at radius 1 is 0.968 bits per heavy atom. The van der Waals surface area contributed by atoms with Gasteiger partial charge in [0.1, 0.15) is 23.7 Å². The van der Waals surface area contributed by atoms with Crippen LogP contribution in [0.5, 0.6) is 5.75 Å². The SMILES string of the molecule is Cl.NCc1cc(=O)c2ccc(OCc3cccc(C(=O)Nc4ccccc4)c3)cc2o1. The zero-order chi connectivity index (χ0) is 20.9. The van der Waals surface area contributed by atoms with E-state index in [1.165, 1.54) is 6.07 Å². The maximum atomic E-state index is 12.5. The molecule has 4 rings (SSSR count). The highest BCUT2D eigenvalue weighted by atomic mass is 35.5. The van der Waals surface area contributed by atoms with Gasteiger partial charge < -0.3 is 20.2 Å². The van der Waals surface area contributed by atoms with E-state index in [0.29, 0.717) is 28.0 Å². The van der Waals surface area contributed by atoms with Crippen LogP contribution in [0.4, 0.5) is 5.69 Å². The van der Waals surface area contributed by atoms with Crippen molar-refractivity contribution in [3.8, 4) is 5.75 Å². The van der Waals surface area contributed by atoms with Gasteiger partial charge in [0.25, 0.3) is 5.91 Å². The monoisotopic (exact) mass is 436 g/mol. The number of amides is 1. The van der Waals surface area contributed by atoms with Gasteiger partial charge in [0.15, 0.2) is 5.43 Å². The van der Waals surface area contributed by atoms with Crippen molar-refractivity contribution in [1.29, 1.82) is 0 Å². The van der Waals surface area contributed by atoms with Gasteiger partial charge in [-0.05, 0) is 42.0 Å². The lowest BCUT2D eigenvalue weighted by molar-refractivity contribution is 0.102. The molecule has 1 aromatic heterocycles. The first kappa shape index (κ1) is 22.1. The topological polar surface area (TPSA) is 94.6 Å². The average molecular weight is 437 g/mol. The van der Waals surface area contributed by atoms with E-state index < -0.39 is 0 Å². The molecule has 7 heteroatoms. The summed E-state index contributed by atoms with van der Waals surface area (Å²) in [6, 6.07) is 23.0. The number of nitrogens with two attached hydrogens (primary N) is 1. The molecule has 0 bridgehead atoms. The van der Waals surface area contributed by atoms with Gasteiger partial charge >= 0.3 is 0 Å². The van der Waals surface area contributed by atoms with E-state index in [-0.39, 0.29) is 36.9 Å². The number of rotatable bonds is 6. The van der Waals surface area contributed by atoms with Crippen molar-refractivity contribution in [2.24, 2.45) is 5.73 Å². The second kappa shape index (κ2) is 9.93. The minimum absolute atomic E-state index is 0. The Hall–Kier alpha value is -3.61. The summed E-state index contributed by atoms with van der Waals surface area (Å²) >= 11 is 0. The molecule has 3 aromatic carbocycles. The largest absolute Gasteiger partial charge is 0.489 e. The molecule has 0 fully saturated rings. The number of benzene rings is 3. The molecule has 0 aliphatic heterocycles. The van der Waals surface area contributed by atoms with Crippen molar-refractivity contribution in [1.82, 2.24) is 0 Å². The van der Waals surface area contributed by atoms with E-state index in [1.54, 1.807) is 30.3 Å². The highest BCUT2D eigenvalue weighted by Gasteiger charge is 2.09. The van der Waals surface area contributed by atoms with E-state index in [4.69, 9.17) is 14.9 Å². The number of nitrogens with one attached hydrogen (secondary N) is 1. The number of hydrogen-bond acceptors (Lipinski definition) is 5. The summed E-state index contributed by atoms with van der Waals surface area (Å²) in [5.74, 6) is 0.783. The van der Waals surface area contributed by atoms with Gasteiger partial charge in [0.05, 0.1) is 11.9 Å². The summed E-state index contributed by atoms with van der Waals surface area (Å²) in [6.07, 6.45) is 0. The molecular formula is C24H21ClN2O4. The Morgan fingerprint density at radius 2 is 1.77 bits per heavy atom. The Kier molecular flexibility index (Phi) is 7.07. The molecule has 1 amide bonds. The van der Waals surface area contributed by atoms with Crippen molar-refractivity contribution in [3.05, 3.63) is 106 Å². The van der Waals surface area contributed by atoms with Crippen LogP contribution in [0.1, 0.15) is 21.7 Å². The third kappa shape index (κ3) is 5.31. The third-order valence-corrected chi connectivity index (χ3v) is 4.58. The van der Waals surface area contributed by atoms with Crippen molar-refractivity contribution in [2.45, 2.75) is 13.2 Å². The van der Waals surface area contributed by atoms with Gasteiger partial charge in [-0.25, -0.2) is 0 Å². The first-order chi connectivity index (χ1) is 14.6. The van der Waals surface area contributed by atoms with Crippen LogP contribution in [0, 0.1) is 0 Å². The van der Waals surface area contributed by atoms with Crippen LogP contribution in [-0.2, 0) is 13.2 Å². The molecule has 0 aliphatic rings. The van der Waals surface area contributed by atoms with E-state index in [2.05, 4.69) is 5.32 Å². The lowest BCUT2D eigenvalue weighted by Gasteiger charge is -2.09. The normalized spacial score (nSPS) is 10.4. The number of anilines is 1. The molecule has 0 saturated heterocycles. The third-order valence-electron chi connectivity index (χ3n) is 4.58. The van der Waals surface area contributed by atoms with Gasteiger partial charge in [-0.15, -0.1) is 12.4 Å². The van der Waals surface area contributed by atoms with E-state index >= 15 is 0 Å². The number of carbonyl (C=O) groups excluding carboxylic acids is 1. The average Bonchev–Trinajstić information content (AvgIpc) is 2.78. The molecule has 3 N–H and O–H groups in total. The standard InChI is InChI=1S/C24H20N2O4.ClH/c25-14-20-12-22(27)21-10-9-19(13-23(21)30-20)29-15-16-5-4-6-17(11-16)24(28)26-18-7-2-1-3-8-18;/h1-13H,14-15,25H2,(H,26,28);1H. The van der Waals surface area contributed by atoms with Crippen molar-refractivity contribution < 1.29 is 13.9 Å². The van der Waals surface area contributed by atoms with Gasteiger partial charge in [-0.2, -0.15) is 0 Å². The number of ether oxygens (including phenoxy) is 1. The Balaban J connectivity index is 0.00000272. The zero-order valence-electron chi connectivity index (χ0n) is 16.5. The molecule has 0 spiro atoms. The van der Waals surface area contributed by atoms with E-state index in [0.717, 1.165) is 11.3 Å². The van der Waals surface area contributed by atoms with Crippen molar-refractivity contribution in [3.63, 3.8) is 0 Å². The summed E-state index contributed by atoms with van der Waals surface area (Å²) in [5.41, 5.74) is 7.98. The lowest BCUT2D eigenvalue weighted by Crippen LogP contribution is -2.12. The second-order valence-corrected chi connectivity index (χ2v) is 6.75. The number of hydrogen-bond donors (Lipinski definition) is 2. The molecular weight excluding hydrogens is 416 g/mol. The minimum Gasteiger partial charge on any atom is -0.489 e. The van der Waals surface area contributed by atoms with Crippen LogP contribution < -0.4 is 21.2 Å². The van der Waals surface area contributed by atoms with Crippen LogP contribution in [0.2, 0.25) is 0 Å². The summed E-state index contributed by atoms with van der Waals surface area (Å²) in [4.78, 5) is 24.6. The highest BCUT2D eigenvalue weighted by Crippen LogP contribution is 2.21. The molecule has 6 nitrogen and oxygen atoms in total. The first-order valence-electron chi connectivity index (χ1n) is 9.47. The van der Waals surface area contributed by atoms with E-state index in [9.17, 15) is 9.59 Å². The zero-order valence-corrected chi connectivity index (χ0v) is 17.4. The van der Waals surface area contributed by atoms with Gasteiger partial charge in [-0.1, -0.05) is 30.3 Å². The molecule has 0 aliphatic carbocycles. The molecule has 1 heterocycles. The molecule has 4 aromatic rings. The molecule has 0 radical (unpaired) electrons. The maximum Gasteiger partial charge on any atom is 0.255 e. The second-order valence-electron chi connectivity index (χ2n) is 6.75. The summed E-state index contributed by atoms with van der Waals surface area (Å²) in [5, 5.41) is 3.33. The molecule has 0 atom stereocenters. The minimum atomic E-state index is -0.190. The summed E-state index contributed by atoms with van der Waals surface area (Å²) in [6.45, 7) is 0.410. The predicted octanol–water partition coefficient (Wildman–Crippen LogP) is 4.50. The molecule has 0 saturated carbocycles. The van der Waals surface area contributed by atoms with Crippen molar-refractivity contribution >= 4 is 35.0 Å². The predicted molar refractivity (Wildman–Crippen MR) is 123 cm³/mol. The highest BCUT2D eigenvalue weighted by molar-refractivity contribution is 6.04. The van der Waals surface area contributed by atoms with E-state index in [1.807, 2.05) is 42.5 Å². The fourth-order valence-electron chi connectivity index (χ4n) is 3.07. The van der Waals surface area contributed by atoms with Crippen LogP contribution in [0.25, 0.3) is 11.0 Å². The Labute approximate surface area is 185 Å². The number of para-hydroxylation sites is 1. The molecule has 158 valence electrons. The quantitative estimate of drug-likeness (QED) is 0.464. The lowest BCUT2D eigenvalue weighted by atomic mass is 10.1. The number of halogens is 1. The fraction of sp³-hybridized carbons (Fsp3) is 0.0833. The summed E-state index contributed by atoms with van der Waals surface area (Å²) in [7, 11) is 0. The molecule has 0 unspecified atom stereocenters. The van der Waals surface area contributed by atoms with Crippen LogP contribution in [0.15, 0.2) is 88.1 Å². The van der Waals surface area contributed by atoms with Gasteiger partial charge in [-0.3, -0.25) is 9.59 Å². The van der Waals surface area contributed by atoms with Crippen LogP contribution in [-0.4, -0.2) is 5.91 Å². The van der Waals surface area contributed by atoms with Crippen molar-refractivity contribution in [2.75, 3.05) is 5.32 Å². The first-order valence-corrected chi connectivity index (χ1v) is 9.47. The van der Waals surface area contributed by atoms with Gasteiger partial charge in [0, 0.05) is 23.4 Å². The smallest absolute Gasteiger partial charge is 0.255 e. The fourth-order valence-corrected chi connectivity index (χ4v) is 3.07.